The number of nitroso groups, excluding NO2 is 1. The van der Waals surface area contributed by atoms with Crippen molar-refractivity contribution in [3.05, 3.63) is 69.1 Å². The van der Waals surface area contributed by atoms with Gasteiger partial charge in [0.05, 0.1) is 12.0 Å². The van der Waals surface area contributed by atoms with E-state index >= 15 is 0 Å². The largest absolute Gasteiger partial charge is 0.489 e. The fraction of sp³-hybridized carbons (Fsp3) is 0.533. The normalized spacial score (nSPS) is 25.2. The van der Waals surface area contributed by atoms with Crippen LogP contribution in [0.25, 0.3) is 0 Å². The lowest BCUT2D eigenvalue weighted by Gasteiger charge is -2.32. The van der Waals surface area contributed by atoms with Gasteiger partial charge in [0.2, 0.25) is 0 Å². The molecule has 37 heavy (non-hydrogen) atoms. The van der Waals surface area contributed by atoms with Gasteiger partial charge in [0.25, 0.3) is 5.91 Å². The minimum atomic E-state index is -0.517. The first-order valence-corrected chi connectivity index (χ1v) is 13.2. The van der Waals surface area contributed by atoms with Gasteiger partial charge in [0, 0.05) is 43.4 Å². The molecule has 1 unspecified atom stereocenters. The Morgan fingerprint density at radius 1 is 1.24 bits per heavy atom. The number of nitrogens with zero attached hydrogens (tertiary/aromatic N) is 3. The van der Waals surface area contributed by atoms with Gasteiger partial charge in [-0.05, 0) is 77.1 Å². The Morgan fingerprint density at radius 3 is 2.73 bits per heavy atom. The van der Waals surface area contributed by atoms with Gasteiger partial charge in [-0.3, -0.25) is 9.80 Å². The number of carbonyl (C=O) groups is 1. The maximum atomic E-state index is 12.0. The zero-order valence-corrected chi connectivity index (χ0v) is 22.5. The first kappa shape index (κ1) is 25.6. The summed E-state index contributed by atoms with van der Waals surface area (Å²) in [5.74, 6) is 0.209. The summed E-state index contributed by atoms with van der Waals surface area (Å²) in [4.78, 5) is 22.9. The number of hydrogen-bond donors (Lipinski definition) is 0. The van der Waals surface area contributed by atoms with Gasteiger partial charge in [-0.2, -0.15) is 5.10 Å². The Kier molecular flexibility index (Phi) is 6.69. The summed E-state index contributed by atoms with van der Waals surface area (Å²) >= 11 is 0. The van der Waals surface area contributed by atoms with Crippen LogP contribution in [0.15, 0.2) is 46.7 Å². The van der Waals surface area contributed by atoms with Crippen molar-refractivity contribution in [1.82, 2.24) is 5.01 Å². The van der Waals surface area contributed by atoms with Crippen molar-refractivity contribution in [2.75, 3.05) is 20.7 Å². The molecule has 1 aliphatic heterocycles. The second kappa shape index (κ2) is 9.67. The summed E-state index contributed by atoms with van der Waals surface area (Å²) in [5.41, 5.74) is 5.59. The first-order chi connectivity index (χ1) is 17.7. The molecule has 0 radical (unpaired) electrons. The number of ether oxygens (including phenoxy) is 2. The zero-order valence-electron chi connectivity index (χ0n) is 22.5. The number of carbonyl (C=O) groups excluding carboxylic acids is 1. The van der Waals surface area contributed by atoms with Crippen molar-refractivity contribution >= 4 is 12.1 Å². The van der Waals surface area contributed by atoms with E-state index in [-0.39, 0.29) is 28.8 Å². The predicted molar refractivity (Wildman–Crippen MR) is 144 cm³/mol. The van der Waals surface area contributed by atoms with E-state index in [1.165, 1.54) is 16.7 Å². The number of hydrogen-bond acceptors (Lipinski definition) is 6. The summed E-state index contributed by atoms with van der Waals surface area (Å²) in [6.45, 7) is 7.87. The van der Waals surface area contributed by atoms with Crippen LogP contribution in [0, 0.1) is 16.2 Å². The van der Waals surface area contributed by atoms with Crippen LogP contribution in [0.5, 0.6) is 5.75 Å². The maximum Gasteiger partial charge on any atom is 0.290 e. The second-order valence-electron chi connectivity index (χ2n) is 12.0. The number of methoxy groups -OCH3 is 1. The Hall–Kier alpha value is -3.06. The van der Waals surface area contributed by atoms with Crippen molar-refractivity contribution in [2.24, 2.45) is 21.6 Å². The lowest BCUT2D eigenvalue weighted by molar-refractivity contribution is -0.119. The molecule has 7 nitrogen and oxygen atoms in total. The highest BCUT2D eigenvalue weighted by atomic mass is 16.5. The number of fused-ring (bicyclic) bond motifs is 2. The van der Waals surface area contributed by atoms with E-state index in [2.05, 4.69) is 61.4 Å². The van der Waals surface area contributed by atoms with E-state index in [4.69, 9.17) is 9.47 Å². The molecule has 5 rings (SSSR count). The molecule has 0 saturated heterocycles. The first-order valence-electron chi connectivity index (χ1n) is 13.2. The van der Waals surface area contributed by atoms with E-state index in [0.29, 0.717) is 13.0 Å². The Morgan fingerprint density at radius 2 is 2.05 bits per heavy atom. The van der Waals surface area contributed by atoms with Gasteiger partial charge < -0.3 is 9.47 Å². The molecule has 3 aliphatic rings. The van der Waals surface area contributed by atoms with E-state index in [1.807, 2.05) is 24.3 Å². The third kappa shape index (κ3) is 4.81. The number of hydrazone groups is 1. The summed E-state index contributed by atoms with van der Waals surface area (Å²) in [6.07, 6.45) is 5.60. The van der Waals surface area contributed by atoms with E-state index in [9.17, 15) is 9.70 Å². The van der Waals surface area contributed by atoms with Crippen molar-refractivity contribution in [2.45, 2.75) is 70.5 Å². The minimum Gasteiger partial charge on any atom is -0.489 e. The highest BCUT2D eigenvalue weighted by molar-refractivity contribution is 5.85. The monoisotopic (exact) mass is 503 g/mol. The standard InChI is InChI=1S/C30H37N3O4/c1-29(2,3)27(36-5)24-13-19(8-11-23(24)21-16-31-33(4)17-21)18-37-22-10-9-20-7-6-12-30(25(20)14-22)15-26(30)28(34)32-35/h8-11,13-14,16,21,26-27H,6-7,12,15,17-18H2,1-5H3/t21?,26-,27+,30-/m1/s1. The van der Waals surface area contributed by atoms with Crippen molar-refractivity contribution < 1.29 is 14.3 Å². The number of likely N-dealkylation sites (N-methyl/N-ethyl adjacent to an activating group) is 1. The van der Waals surface area contributed by atoms with Crippen LogP contribution in [-0.2, 0) is 28.0 Å². The van der Waals surface area contributed by atoms with Crippen LogP contribution in [0.3, 0.4) is 0 Å². The maximum absolute atomic E-state index is 12.0. The molecule has 196 valence electrons. The van der Waals surface area contributed by atoms with Crippen molar-refractivity contribution in [3.63, 3.8) is 0 Å². The molecule has 0 bridgehead atoms. The molecule has 1 fully saturated rings. The van der Waals surface area contributed by atoms with Gasteiger partial charge >= 0.3 is 0 Å². The topological polar surface area (TPSA) is 80.6 Å². The number of rotatable bonds is 7. The molecule has 0 N–H and O–H groups in total. The lowest BCUT2D eigenvalue weighted by Crippen LogP contribution is -2.23. The molecule has 2 aliphatic carbocycles. The average molecular weight is 504 g/mol. The molecular formula is C30H37N3O4. The van der Waals surface area contributed by atoms with E-state index in [1.54, 1.807) is 7.11 Å². The quantitative estimate of drug-likeness (QED) is 0.440. The molecule has 2 aromatic rings. The minimum absolute atomic E-state index is 0.0684. The Balaban J connectivity index is 1.40. The average Bonchev–Trinajstić information content (AvgIpc) is 3.42. The van der Waals surface area contributed by atoms with Gasteiger partial charge in [0.15, 0.2) is 0 Å². The van der Waals surface area contributed by atoms with Crippen LogP contribution < -0.4 is 4.74 Å². The fourth-order valence-electron chi connectivity index (χ4n) is 6.47. The molecule has 7 heteroatoms. The SMILES string of the molecule is CO[C@@H](c1cc(COc2ccc3c(c2)[C@@]2(CCC3)C[C@@H]2C(=O)N=O)ccc1C1C=NN(C)C1)C(C)(C)C. The smallest absolute Gasteiger partial charge is 0.290 e. The second-order valence-corrected chi connectivity index (χ2v) is 12.0. The Bertz CT molecular complexity index is 1230. The summed E-state index contributed by atoms with van der Waals surface area (Å²) in [6, 6.07) is 12.8. The van der Waals surface area contributed by atoms with Crippen LogP contribution in [-0.4, -0.2) is 37.8 Å². The summed E-state index contributed by atoms with van der Waals surface area (Å²) < 4.78 is 12.3. The molecule has 0 aromatic heterocycles. The van der Waals surface area contributed by atoms with Crippen LogP contribution in [0.1, 0.15) is 79.9 Å². The summed E-state index contributed by atoms with van der Waals surface area (Å²) in [5, 5.41) is 9.14. The van der Waals surface area contributed by atoms with E-state index in [0.717, 1.165) is 42.7 Å². The molecule has 1 amide bonds. The predicted octanol–water partition coefficient (Wildman–Crippen LogP) is 5.90. The molecule has 1 saturated carbocycles. The molecular weight excluding hydrogens is 466 g/mol. The molecule has 1 heterocycles. The Labute approximate surface area is 219 Å². The van der Waals surface area contributed by atoms with E-state index < -0.39 is 5.91 Å². The molecule has 2 aromatic carbocycles. The van der Waals surface area contributed by atoms with Crippen LogP contribution in [0.4, 0.5) is 0 Å². The van der Waals surface area contributed by atoms with Crippen LogP contribution in [0.2, 0.25) is 0 Å². The third-order valence-corrected chi connectivity index (χ3v) is 8.32. The van der Waals surface area contributed by atoms with Gasteiger partial charge in [-0.1, -0.05) is 39.0 Å². The highest BCUT2D eigenvalue weighted by Gasteiger charge is 2.60. The third-order valence-electron chi connectivity index (χ3n) is 8.32. The van der Waals surface area contributed by atoms with Gasteiger partial charge in [0.1, 0.15) is 12.4 Å². The van der Waals surface area contributed by atoms with Crippen LogP contribution >= 0.6 is 0 Å². The lowest BCUT2D eigenvalue weighted by atomic mass is 9.78. The molecule has 4 atom stereocenters. The van der Waals surface area contributed by atoms with Gasteiger partial charge in [-0.25, -0.2) is 0 Å². The molecule has 1 spiro atoms. The number of amides is 1. The fourth-order valence-corrected chi connectivity index (χ4v) is 6.47. The number of benzene rings is 2. The van der Waals surface area contributed by atoms with Crippen molar-refractivity contribution in [1.29, 1.82) is 0 Å². The van der Waals surface area contributed by atoms with Crippen molar-refractivity contribution in [3.8, 4) is 5.75 Å². The number of aryl methyl sites for hydroxylation is 1. The van der Waals surface area contributed by atoms with Gasteiger partial charge in [-0.15, -0.1) is 4.91 Å². The highest BCUT2D eigenvalue weighted by Crippen LogP contribution is 2.61. The summed E-state index contributed by atoms with van der Waals surface area (Å²) in [7, 11) is 3.77. The zero-order chi connectivity index (χ0) is 26.4.